The Kier molecular flexibility index (Phi) is 5.76. The van der Waals surface area contributed by atoms with Crippen molar-refractivity contribution in [2.75, 3.05) is 19.6 Å². The third-order valence-corrected chi connectivity index (χ3v) is 4.18. The first-order valence-electron chi connectivity index (χ1n) is 7.15. The second-order valence-electron chi connectivity index (χ2n) is 5.28. The molecule has 0 aliphatic carbocycles. The lowest BCUT2D eigenvalue weighted by Gasteiger charge is -2.31. The first kappa shape index (κ1) is 16.0. The van der Waals surface area contributed by atoms with Crippen LogP contribution in [0.1, 0.15) is 18.4 Å². The largest absolute Gasteiger partial charge is 0.352 e. The highest BCUT2D eigenvalue weighted by atomic mass is 35.5. The van der Waals surface area contributed by atoms with Crippen LogP contribution in [-0.4, -0.2) is 30.4 Å². The molecular formula is C16H20ClFN2O. The third kappa shape index (κ3) is 4.29. The number of hydrogen-bond acceptors (Lipinski definition) is 2. The van der Waals surface area contributed by atoms with Crippen LogP contribution >= 0.6 is 11.6 Å². The van der Waals surface area contributed by atoms with Gasteiger partial charge in [-0.3, -0.25) is 9.69 Å². The standard InChI is InChI=1S/C16H20ClFN2O/c1-2-8-19-16(21)12-6-9-20(10-7-12)11-13-14(17)4-3-5-15(13)18/h2-5,12H,1,6-11H2,(H,19,21). The normalized spacial score (nSPS) is 16.7. The highest BCUT2D eigenvalue weighted by molar-refractivity contribution is 6.31. The molecule has 1 saturated heterocycles. The number of halogens is 2. The molecule has 1 aromatic rings. The maximum absolute atomic E-state index is 13.8. The zero-order valence-corrected chi connectivity index (χ0v) is 12.7. The Morgan fingerprint density at radius 2 is 2.19 bits per heavy atom. The molecule has 1 N–H and O–H groups in total. The second kappa shape index (κ2) is 7.57. The average molecular weight is 311 g/mol. The van der Waals surface area contributed by atoms with E-state index in [1.165, 1.54) is 6.07 Å². The molecule has 0 bridgehead atoms. The van der Waals surface area contributed by atoms with Gasteiger partial charge in [-0.1, -0.05) is 23.7 Å². The Hall–Kier alpha value is -1.39. The molecule has 1 heterocycles. The van der Waals surface area contributed by atoms with Gasteiger partial charge in [0.15, 0.2) is 0 Å². The second-order valence-corrected chi connectivity index (χ2v) is 5.69. The number of rotatable bonds is 5. The van der Waals surface area contributed by atoms with Crippen LogP contribution < -0.4 is 5.32 Å². The van der Waals surface area contributed by atoms with Gasteiger partial charge in [-0.15, -0.1) is 6.58 Å². The molecule has 1 fully saturated rings. The van der Waals surface area contributed by atoms with Gasteiger partial charge >= 0.3 is 0 Å². The summed E-state index contributed by atoms with van der Waals surface area (Å²) < 4.78 is 13.8. The highest BCUT2D eigenvalue weighted by Crippen LogP contribution is 2.24. The summed E-state index contributed by atoms with van der Waals surface area (Å²) in [5.74, 6) is -0.149. The summed E-state index contributed by atoms with van der Waals surface area (Å²) in [6.07, 6.45) is 3.25. The Morgan fingerprint density at radius 1 is 1.48 bits per heavy atom. The van der Waals surface area contributed by atoms with E-state index >= 15 is 0 Å². The van der Waals surface area contributed by atoms with E-state index in [1.807, 2.05) is 0 Å². The van der Waals surface area contributed by atoms with Crippen molar-refractivity contribution in [3.63, 3.8) is 0 Å². The van der Waals surface area contributed by atoms with Crippen molar-refractivity contribution in [3.05, 3.63) is 47.3 Å². The van der Waals surface area contributed by atoms with Crippen molar-refractivity contribution in [1.29, 1.82) is 0 Å². The predicted molar refractivity (Wildman–Crippen MR) is 82.6 cm³/mol. The first-order valence-corrected chi connectivity index (χ1v) is 7.53. The molecule has 0 atom stereocenters. The molecule has 2 rings (SSSR count). The lowest BCUT2D eigenvalue weighted by Crippen LogP contribution is -2.40. The van der Waals surface area contributed by atoms with Gasteiger partial charge < -0.3 is 5.32 Å². The number of benzene rings is 1. The van der Waals surface area contributed by atoms with E-state index < -0.39 is 0 Å². The highest BCUT2D eigenvalue weighted by Gasteiger charge is 2.25. The summed E-state index contributed by atoms with van der Waals surface area (Å²) in [4.78, 5) is 14.0. The van der Waals surface area contributed by atoms with Crippen LogP contribution in [0.5, 0.6) is 0 Å². The van der Waals surface area contributed by atoms with Crippen molar-refractivity contribution in [2.24, 2.45) is 5.92 Å². The van der Waals surface area contributed by atoms with Gasteiger partial charge in [0.05, 0.1) is 0 Å². The van der Waals surface area contributed by atoms with Crippen LogP contribution in [0.15, 0.2) is 30.9 Å². The molecule has 1 aliphatic heterocycles. The molecule has 1 aliphatic rings. The fraction of sp³-hybridized carbons (Fsp3) is 0.438. The van der Waals surface area contributed by atoms with Crippen molar-refractivity contribution in [2.45, 2.75) is 19.4 Å². The van der Waals surface area contributed by atoms with Crippen molar-refractivity contribution in [1.82, 2.24) is 10.2 Å². The first-order chi connectivity index (χ1) is 10.1. The zero-order valence-electron chi connectivity index (χ0n) is 11.9. The number of carbonyl (C=O) groups is 1. The van der Waals surface area contributed by atoms with E-state index in [0.29, 0.717) is 23.7 Å². The van der Waals surface area contributed by atoms with Gasteiger partial charge in [-0.05, 0) is 38.1 Å². The summed E-state index contributed by atoms with van der Waals surface area (Å²) in [7, 11) is 0. The molecule has 1 amide bonds. The number of nitrogens with zero attached hydrogens (tertiary/aromatic N) is 1. The average Bonchev–Trinajstić information content (AvgIpc) is 2.49. The molecule has 1 aromatic carbocycles. The van der Waals surface area contributed by atoms with E-state index in [4.69, 9.17) is 11.6 Å². The van der Waals surface area contributed by atoms with E-state index in [-0.39, 0.29) is 17.6 Å². The van der Waals surface area contributed by atoms with Gasteiger partial charge in [-0.25, -0.2) is 4.39 Å². The minimum absolute atomic E-state index is 0.0392. The van der Waals surface area contributed by atoms with E-state index in [2.05, 4.69) is 16.8 Å². The Labute approximate surface area is 129 Å². The number of amides is 1. The fourth-order valence-electron chi connectivity index (χ4n) is 2.58. The summed E-state index contributed by atoms with van der Waals surface area (Å²) in [5.41, 5.74) is 0.536. The summed E-state index contributed by atoms with van der Waals surface area (Å²) >= 11 is 6.04. The number of likely N-dealkylation sites (tertiary alicyclic amines) is 1. The number of piperidine rings is 1. The predicted octanol–water partition coefficient (Wildman–Crippen LogP) is 2.99. The van der Waals surface area contributed by atoms with Gasteiger partial charge in [0, 0.05) is 29.6 Å². The Bertz CT molecular complexity index is 493. The molecule has 3 nitrogen and oxygen atoms in total. The van der Waals surface area contributed by atoms with E-state index in [9.17, 15) is 9.18 Å². The molecule has 114 valence electrons. The van der Waals surface area contributed by atoms with Gasteiger partial charge in [-0.2, -0.15) is 0 Å². The number of nitrogens with one attached hydrogen (secondary N) is 1. The molecule has 0 spiro atoms. The maximum atomic E-state index is 13.8. The van der Waals surface area contributed by atoms with Crippen LogP contribution in [0.3, 0.4) is 0 Å². The Balaban J connectivity index is 1.87. The van der Waals surface area contributed by atoms with Crippen molar-refractivity contribution in [3.8, 4) is 0 Å². The van der Waals surface area contributed by atoms with Crippen LogP contribution in [-0.2, 0) is 11.3 Å². The minimum atomic E-state index is -0.270. The quantitative estimate of drug-likeness (QED) is 0.848. The van der Waals surface area contributed by atoms with Crippen LogP contribution in [0, 0.1) is 11.7 Å². The molecule has 0 radical (unpaired) electrons. The smallest absolute Gasteiger partial charge is 0.223 e. The molecule has 5 heteroatoms. The van der Waals surface area contributed by atoms with E-state index in [0.717, 1.165) is 25.9 Å². The molecular weight excluding hydrogens is 291 g/mol. The molecule has 0 unspecified atom stereocenters. The van der Waals surface area contributed by atoms with Gasteiger partial charge in [0.2, 0.25) is 5.91 Å². The molecule has 0 aromatic heterocycles. The van der Waals surface area contributed by atoms with Gasteiger partial charge in [0.25, 0.3) is 0 Å². The summed E-state index contributed by atoms with van der Waals surface area (Å²) in [6, 6.07) is 4.74. The topological polar surface area (TPSA) is 32.3 Å². The molecule has 21 heavy (non-hydrogen) atoms. The minimum Gasteiger partial charge on any atom is -0.352 e. The monoisotopic (exact) mass is 310 g/mol. The van der Waals surface area contributed by atoms with E-state index in [1.54, 1.807) is 18.2 Å². The third-order valence-electron chi connectivity index (χ3n) is 3.82. The van der Waals surface area contributed by atoms with Crippen LogP contribution in [0.4, 0.5) is 4.39 Å². The van der Waals surface area contributed by atoms with Gasteiger partial charge in [0.1, 0.15) is 5.82 Å². The van der Waals surface area contributed by atoms with Crippen LogP contribution in [0.2, 0.25) is 5.02 Å². The lowest BCUT2D eigenvalue weighted by atomic mass is 9.95. The van der Waals surface area contributed by atoms with Crippen molar-refractivity contribution < 1.29 is 9.18 Å². The fourth-order valence-corrected chi connectivity index (χ4v) is 2.80. The number of carbonyl (C=O) groups excluding carboxylic acids is 1. The SMILES string of the molecule is C=CCNC(=O)C1CCN(Cc2c(F)cccc2Cl)CC1. The maximum Gasteiger partial charge on any atom is 0.223 e. The molecule has 0 saturated carbocycles. The van der Waals surface area contributed by atoms with Crippen LogP contribution in [0.25, 0.3) is 0 Å². The van der Waals surface area contributed by atoms with Crippen molar-refractivity contribution >= 4 is 17.5 Å². The lowest BCUT2D eigenvalue weighted by molar-refractivity contribution is -0.126. The number of hydrogen-bond donors (Lipinski definition) is 1. The Morgan fingerprint density at radius 3 is 2.81 bits per heavy atom. The summed E-state index contributed by atoms with van der Waals surface area (Å²) in [5, 5.41) is 3.29. The zero-order chi connectivity index (χ0) is 15.2. The summed E-state index contributed by atoms with van der Waals surface area (Å²) in [6.45, 7) is 6.13.